The Balaban J connectivity index is -0.000000438. The van der Waals surface area contributed by atoms with E-state index in [2.05, 4.69) is 17.9 Å². The van der Waals surface area contributed by atoms with E-state index >= 15 is 0 Å². The van der Waals surface area contributed by atoms with Crippen molar-refractivity contribution in [2.75, 3.05) is 19.8 Å². The second-order valence-electron chi connectivity index (χ2n) is 5.21. The molecule has 0 aliphatic rings. The minimum absolute atomic E-state index is 0.0326. The molecule has 0 amide bonds. The first-order valence-corrected chi connectivity index (χ1v) is 9.42. The molecule has 0 aromatic carbocycles. The van der Waals surface area contributed by atoms with E-state index < -0.39 is 24.0 Å². The van der Waals surface area contributed by atoms with Crippen molar-refractivity contribution in [1.82, 2.24) is 0 Å². The Morgan fingerprint density at radius 2 is 1.32 bits per heavy atom. The zero-order valence-electron chi connectivity index (χ0n) is 17.0. The summed E-state index contributed by atoms with van der Waals surface area (Å²) in [6, 6.07) is 0. The molecule has 0 spiro atoms. The van der Waals surface area contributed by atoms with Crippen molar-refractivity contribution >= 4 is 29.5 Å². The highest BCUT2D eigenvalue weighted by Gasteiger charge is 2.00. The molecule has 0 aromatic heterocycles. The minimum atomic E-state index is -0.603. The Morgan fingerprint density at radius 3 is 1.61 bits per heavy atom. The molecule has 0 fully saturated rings. The number of unbranched alkanes of at least 4 members (excludes halogenated alkanes) is 2. The van der Waals surface area contributed by atoms with E-state index in [0.29, 0.717) is 13.2 Å². The number of aliphatic hydroxyl groups is 1. The first kappa shape index (κ1) is 30.6. The van der Waals surface area contributed by atoms with Crippen LogP contribution in [-0.2, 0) is 28.6 Å². The molecule has 1 atom stereocenters. The molecular formula is C20H33ClO7. The van der Waals surface area contributed by atoms with Crippen LogP contribution in [0.5, 0.6) is 0 Å². The van der Waals surface area contributed by atoms with Crippen molar-refractivity contribution in [3.8, 4) is 0 Å². The third-order valence-electron chi connectivity index (χ3n) is 2.47. The number of hydrogen-bond acceptors (Lipinski definition) is 7. The van der Waals surface area contributed by atoms with Gasteiger partial charge in [0.15, 0.2) is 0 Å². The van der Waals surface area contributed by atoms with E-state index in [4.69, 9.17) is 26.2 Å². The fourth-order valence-electron chi connectivity index (χ4n) is 1.13. The lowest BCUT2D eigenvalue weighted by atomic mass is 10.4. The average molecular weight is 421 g/mol. The molecule has 0 aliphatic carbocycles. The molecule has 1 N–H and O–H groups in total. The van der Waals surface area contributed by atoms with Gasteiger partial charge in [0.25, 0.3) is 0 Å². The summed E-state index contributed by atoms with van der Waals surface area (Å²) in [5, 5.41) is 8.59. The van der Waals surface area contributed by atoms with Gasteiger partial charge in [-0.15, -0.1) is 0 Å². The molecule has 0 radical (unpaired) electrons. The van der Waals surface area contributed by atoms with E-state index in [1.165, 1.54) is 12.5 Å². The molecule has 0 saturated carbocycles. The van der Waals surface area contributed by atoms with Gasteiger partial charge in [0.1, 0.15) is 6.61 Å². The Labute approximate surface area is 173 Å². The normalized spacial score (nSPS) is 10.3. The van der Waals surface area contributed by atoms with Crippen molar-refractivity contribution in [2.24, 2.45) is 0 Å². The molecule has 0 aromatic rings. The molecular weight excluding hydrogens is 388 g/mol. The fourth-order valence-corrected chi connectivity index (χ4v) is 1.13. The van der Waals surface area contributed by atoms with Crippen LogP contribution in [0.3, 0.4) is 0 Å². The number of halogens is 1. The molecule has 0 bridgehead atoms. The van der Waals surface area contributed by atoms with Crippen LogP contribution in [0.25, 0.3) is 0 Å². The molecule has 0 aliphatic heterocycles. The number of carbonyl (C=O) groups is 3. The Bertz CT molecular complexity index is 435. The lowest BCUT2D eigenvalue weighted by Crippen LogP contribution is -2.13. The van der Waals surface area contributed by atoms with Gasteiger partial charge < -0.3 is 19.3 Å². The highest BCUT2D eigenvalue weighted by molar-refractivity contribution is 6.25. The molecule has 0 heterocycles. The van der Waals surface area contributed by atoms with E-state index in [0.717, 1.165) is 43.9 Å². The molecule has 0 rings (SSSR count). The van der Waals surface area contributed by atoms with Crippen molar-refractivity contribution < 1.29 is 33.7 Å². The summed E-state index contributed by atoms with van der Waals surface area (Å²) in [6.45, 7) is 12.7. The zero-order valence-corrected chi connectivity index (χ0v) is 17.8. The molecule has 1 unspecified atom stereocenters. The number of carbonyl (C=O) groups excluding carboxylic acids is 3. The van der Waals surface area contributed by atoms with Crippen LogP contribution < -0.4 is 0 Å². The Hall–Kier alpha value is -2.12. The van der Waals surface area contributed by atoms with Crippen LogP contribution >= 0.6 is 11.6 Å². The molecule has 162 valence electrons. The summed E-state index contributed by atoms with van der Waals surface area (Å²) in [6.07, 6.45) is 6.26. The van der Waals surface area contributed by atoms with Crippen molar-refractivity contribution in [2.45, 2.75) is 52.6 Å². The lowest BCUT2D eigenvalue weighted by molar-refractivity contribution is -0.140. The van der Waals surface area contributed by atoms with Gasteiger partial charge in [-0.05, 0) is 25.3 Å². The summed E-state index contributed by atoms with van der Waals surface area (Å²) >= 11 is 4.76. The molecule has 8 heteroatoms. The predicted molar refractivity (Wildman–Crippen MR) is 110 cm³/mol. The van der Waals surface area contributed by atoms with Crippen molar-refractivity contribution in [3.63, 3.8) is 0 Å². The summed E-state index contributed by atoms with van der Waals surface area (Å²) in [4.78, 5) is 32.3. The number of rotatable bonds is 11. The largest absolute Gasteiger partial charge is 0.463 e. The SMILES string of the molecule is C=CC(=O)OCC(C)O.C=CCl.CCCCOC(=O)C=CC(=O)OCCCC. The van der Waals surface area contributed by atoms with Crippen LogP contribution in [0.4, 0.5) is 0 Å². The standard InChI is InChI=1S/C12H20O4.C6H10O3.C2H3Cl/c1-3-5-9-15-11(13)7-8-12(14)16-10-6-4-2;1-3-6(8)9-4-5(2)7;1-2-3/h7-8H,3-6,9-10H2,1-2H3;3,5,7H,1,4H2,2H3;2H,1H2. The topological polar surface area (TPSA) is 99.1 Å². The highest BCUT2D eigenvalue weighted by Crippen LogP contribution is 1.92. The maximum Gasteiger partial charge on any atom is 0.331 e. The van der Waals surface area contributed by atoms with Crippen LogP contribution in [0.15, 0.2) is 36.9 Å². The van der Waals surface area contributed by atoms with E-state index in [-0.39, 0.29) is 6.61 Å². The Kier molecular flexibility index (Phi) is 27.2. The third kappa shape index (κ3) is 31.6. The number of ether oxygens (including phenoxy) is 3. The van der Waals surface area contributed by atoms with E-state index in [1.54, 1.807) is 0 Å². The second-order valence-corrected chi connectivity index (χ2v) is 5.52. The van der Waals surface area contributed by atoms with Crippen molar-refractivity contribution in [1.29, 1.82) is 0 Å². The van der Waals surface area contributed by atoms with Gasteiger partial charge in [0.05, 0.1) is 19.3 Å². The monoisotopic (exact) mass is 420 g/mol. The summed E-state index contributed by atoms with van der Waals surface area (Å²) in [7, 11) is 0. The molecule has 7 nitrogen and oxygen atoms in total. The maximum atomic E-state index is 11.0. The minimum Gasteiger partial charge on any atom is -0.463 e. The molecule has 0 saturated heterocycles. The zero-order chi connectivity index (χ0) is 22.2. The molecule has 28 heavy (non-hydrogen) atoms. The van der Waals surface area contributed by atoms with Gasteiger partial charge in [0.2, 0.25) is 0 Å². The average Bonchev–Trinajstić information content (AvgIpc) is 2.66. The predicted octanol–water partition coefficient (Wildman–Crippen LogP) is 3.69. The maximum absolute atomic E-state index is 11.0. The summed E-state index contributed by atoms with van der Waals surface area (Å²) < 4.78 is 14.1. The van der Waals surface area contributed by atoms with Crippen LogP contribution in [0, 0.1) is 0 Å². The van der Waals surface area contributed by atoms with Gasteiger partial charge in [0, 0.05) is 18.2 Å². The van der Waals surface area contributed by atoms with Crippen LogP contribution in [-0.4, -0.2) is 48.9 Å². The smallest absolute Gasteiger partial charge is 0.331 e. The van der Waals surface area contributed by atoms with Crippen LogP contribution in [0.2, 0.25) is 0 Å². The van der Waals surface area contributed by atoms with Gasteiger partial charge in [-0.2, -0.15) is 0 Å². The second kappa shape index (κ2) is 24.9. The van der Waals surface area contributed by atoms with Gasteiger partial charge in [-0.1, -0.05) is 51.4 Å². The van der Waals surface area contributed by atoms with E-state index in [1.807, 2.05) is 13.8 Å². The van der Waals surface area contributed by atoms with Gasteiger partial charge >= 0.3 is 17.9 Å². The number of aliphatic hydroxyl groups excluding tert-OH is 1. The van der Waals surface area contributed by atoms with Crippen molar-refractivity contribution in [3.05, 3.63) is 36.9 Å². The number of hydrogen-bond donors (Lipinski definition) is 1. The first-order chi connectivity index (χ1) is 13.3. The van der Waals surface area contributed by atoms with Crippen LogP contribution in [0.1, 0.15) is 46.5 Å². The van der Waals surface area contributed by atoms with Gasteiger partial charge in [-0.3, -0.25) is 0 Å². The third-order valence-corrected chi connectivity index (χ3v) is 2.47. The van der Waals surface area contributed by atoms with Gasteiger partial charge in [-0.25, -0.2) is 14.4 Å². The lowest BCUT2D eigenvalue weighted by Gasteiger charge is -2.02. The number of esters is 3. The first-order valence-electron chi connectivity index (χ1n) is 8.98. The van der Waals surface area contributed by atoms with E-state index in [9.17, 15) is 14.4 Å². The fraction of sp³-hybridized carbons (Fsp3) is 0.550. The quantitative estimate of drug-likeness (QED) is 0.235. The summed E-state index contributed by atoms with van der Waals surface area (Å²) in [5.74, 6) is -1.50. The highest BCUT2D eigenvalue weighted by atomic mass is 35.5. The Morgan fingerprint density at radius 1 is 0.929 bits per heavy atom. The summed E-state index contributed by atoms with van der Waals surface area (Å²) in [5.41, 5.74) is 1.22.